The van der Waals surface area contributed by atoms with Crippen LogP contribution in [0.1, 0.15) is 49.2 Å². The summed E-state index contributed by atoms with van der Waals surface area (Å²) in [6, 6.07) is 5.61. The lowest BCUT2D eigenvalue weighted by atomic mass is 9.62. The second-order valence-electron chi connectivity index (χ2n) is 8.17. The molecule has 2 heterocycles. The molecule has 0 saturated carbocycles. The van der Waals surface area contributed by atoms with Crippen molar-refractivity contribution in [1.82, 2.24) is 20.2 Å². The quantitative estimate of drug-likeness (QED) is 0.354. The fourth-order valence-electron chi connectivity index (χ4n) is 4.56. The van der Waals surface area contributed by atoms with E-state index in [0.717, 1.165) is 26.9 Å². The number of hydrogen-bond donors (Lipinski definition) is 0. The highest BCUT2D eigenvalue weighted by molar-refractivity contribution is 14.1. The highest BCUT2D eigenvalue weighted by Crippen LogP contribution is 2.61. The van der Waals surface area contributed by atoms with Crippen molar-refractivity contribution in [2.45, 2.75) is 39.0 Å². The Kier molecular flexibility index (Phi) is 4.91. The maximum Gasteiger partial charge on any atom is 0.135 e. The third-order valence-electron chi connectivity index (χ3n) is 6.60. The number of hydrogen-bond acceptors (Lipinski definition) is 4. The van der Waals surface area contributed by atoms with Crippen molar-refractivity contribution in [3.63, 3.8) is 0 Å². The Bertz CT molecular complexity index is 1080. The summed E-state index contributed by atoms with van der Waals surface area (Å²) in [5.74, 6) is -1.20. The van der Waals surface area contributed by atoms with Crippen LogP contribution < -0.4 is 0 Å². The first-order chi connectivity index (χ1) is 13.8. The van der Waals surface area contributed by atoms with Crippen LogP contribution in [-0.4, -0.2) is 24.6 Å². The van der Waals surface area contributed by atoms with Gasteiger partial charge in [-0.15, -0.1) is 5.10 Å². The number of alkyl halides is 1. The number of aryl methyl sites for hydroxylation is 1. The molecule has 0 saturated heterocycles. The molecule has 1 aliphatic carbocycles. The summed E-state index contributed by atoms with van der Waals surface area (Å²) in [5, 5.41) is 8.82. The average molecular weight is 506 g/mol. The summed E-state index contributed by atoms with van der Waals surface area (Å²) in [5.41, 5.74) is 3.05. The largest absolute Gasteiger partial charge is 0.245 e. The number of nitrogens with zero attached hydrogens (tertiary/aromatic N) is 4. The number of rotatable bonds is 3. The minimum absolute atomic E-state index is 0.0886. The normalized spacial score (nSPS) is 22.5. The van der Waals surface area contributed by atoms with E-state index in [9.17, 15) is 8.78 Å². The Hall–Kier alpha value is -2.03. The lowest BCUT2D eigenvalue weighted by Crippen LogP contribution is -2.44. The second kappa shape index (κ2) is 7.04. The van der Waals surface area contributed by atoms with Gasteiger partial charge in [-0.3, -0.25) is 0 Å². The molecule has 1 aromatic carbocycles. The van der Waals surface area contributed by atoms with Gasteiger partial charge in [-0.25, -0.2) is 18.7 Å². The summed E-state index contributed by atoms with van der Waals surface area (Å²) >= 11 is 2.38. The SMILES string of the molecule is Cc1cncnc1[C@@]1(CI)c2nnc(-c3c(F)cccc3F)cc2[C@H](C)C1(C)C. The van der Waals surface area contributed by atoms with Gasteiger partial charge in [0, 0.05) is 10.6 Å². The van der Waals surface area contributed by atoms with Crippen LogP contribution in [0.4, 0.5) is 8.78 Å². The van der Waals surface area contributed by atoms with Crippen molar-refractivity contribution in [2.75, 3.05) is 4.43 Å². The third-order valence-corrected chi connectivity index (χ3v) is 7.74. The maximum absolute atomic E-state index is 14.3. The van der Waals surface area contributed by atoms with E-state index in [1.54, 1.807) is 12.4 Å². The van der Waals surface area contributed by atoms with Crippen molar-refractivity contribution in [1.29, 1.82) is 0 Å². The maximum atomic E-state index is 14.3. The molecule has 150 valence electrons. The predicted octanol–water partition coefficient (Wildman–Crippen LogP) is 5.38. The summed E-state index contributed by atoms with van der Waals surface area (Å²) < 4.78 is 29.4. The minimum Gasteiger partial charge on any atom is -0.245 e. The molecule has 4 rings (SSSR count). The van der Waals surface area contributed by atoms with E-state index < -0.39 is 17.0 Å². The first kappa shape index (κ1) is 20.3. The Labute approximate surface area is 182 Å². The van der Waals surface area contributed by atoms with Gasteiger partial charge < -0.3 is 0 Å². The molecule has 0 fully saturated rings. The molecule has 4 nitrogen and oxygen atoms in total. The number of halogens is 3. The molecule has 29 heavy (non-hydrogen) atoms. The van der Waals surface area contributed by atoms with Gasteiger partial charge in [0.15, 0.2) is 0 Å². The minimum atomic E-state index is -0.643. The van der Waals surface area contributed by atoms with Crippen molar-refractivity contribution < 1.29 is 8.78 Å². The van der Waals surface area contributed by atoms with E-state index in [1.165, 1.54) is 18.2 Å². The van der Waals surface area contributed by atoms with Crippen LogP contribution >= 0.6 is 22.6 Å². The zero-order valence-electron chi connectivity index (χ0n) is 16.7. The fraction of sp³-hybridized carbons (Fsp3) is 0.364. The van der Waals surface area contributed by atoms with E-state index in [-0.39, 0.29) is 22.6 Å². The monoisotopic (exact) mass is 506 g/mol. The first-order valence-electron chi connectivity index (χ1n) is 9.41. The number of benzene rings is 1. The van der Waals surface area contributed by atoms with Crippen molar-refractivity contribution in [2.24, 2.45) is 5.41 Å². The summed E-state index contributed by atoms with van der Waals surface area (Å²) in [7, 11) is 0. The first-order valence-corrected chi connectivity index (χ1v) is 10.9. The molecule has 0 radical (unpaired) electrons. The molecule has 0 bridgehead atoms. The molecule has 2 aromatic heterocycles. The topological polar surface area (TPSA) is 51.6 Å². The molecular formula is C22H21F2IN4. The van der Waals surface area contributed by atoms with E-state index in [4.69, 9.17) is 0 Å². The highest BCUT2D eigenvalue weighted by Gasteiger charge is 2.59. The van der Waals surface area contributed by atoms with E-state index >= 15 is 0 Å². The van der Waals surface area contributed by atoms with Crippen molar-refractivity contribution in [3.05, 3.63) is 70.9 Å². The zero-order valence-corrected chi connectivity index (χ0v) is 18.8. The molecule has 0 unspecified atom stereocenters. The van der Waals surface area contributed by atoms with Gasteiger partial charge in [-0.05, 0) is 47.6 Å². The standard InChI is InChI=1S/C22H21F2IN4/c1-12-9-26-11-27-19(12)22(10-25)20-14(13(2)21(22,3)4)8-17(28-29-20)18-15(23)6-5-7-16(18)24/h5-9,11,13H,10H2,1-4H3/t13-,22-/m0/s1. The van der Waals surface area contributed by atoms with E-state index in [2.05, 4.69) is 63.5 Å². The molecule has 7 heteroatoms. The van der Waals surface area contributed by atoms with Crippen molar-refractivity contribution >= 4 is 22.6 Å². The van der Waals surface area contributed by atoms with Gasteiger partial charge in [-0.2, -0.15) is 5.10 Å². The summed E-state index contributed by atoms with van der Waals surface area (Å²) in [6.45, 7) is 8.52. The lowest BCUT2D eigenvalue weighted by molar-refractivity contribution is 0.208. The van der Waals surface area contributed by atoms with E-state index in [0.29, 0.717) is 0 Å². The summed E-state index contributed by atoms with van der Waals surface area (Å²) in [6.07, 6.45) is 3.37. The van der Waals surface area contributed by atoms with Crippen LogP contribution in [0.25, 0.3) is 11.3 Å². The Morgan fingerprint density at radius 2 is 1.79 bits per heavy atom. The van der Waals surface area contributed by atoms with Gasteiger partial charge >= 0.3 is 0 Å². The fourth-order valence-corrected chi connectivity index (χ4v) is 6.26. The van der Waals surface area contributed by atoms with Crippen LogP contribution in [-0.2, 0) is 5.41 Å². The second-order valence-corrected chi connectivity index (χ2v) is 8.93. The summed E-state index contributed by atoms with van der Waals surface area (Å²) in [4.78, 5) is 8.78. The van der Waals surface area contributed by atoms with Crippen LogP contribution in [0.5, 0.6) is 0 Å². The van der Waals surface area contributed by atoms with Gasteiger partial charge in [0.25, 0.3) is 0 Å². The van der Waals surface area contributed by atoms with Gasteiger partial charge in [0.2, 0.25) is 0 Å². The molecule has 0 aliphatic heterocycles. The predicted molar refractivity (Wildman–Crippen MR) is 116 cm³/mol. The zero-order chi connectivity index (χ0) is 21.0. The Morgan fingerprint density at radius 3 is 2.41 bits per heavy atom. The number of aromatic nitrogens is 4. The smallest absolute Gasteiger partial charge is 0.135 e. The molecule has 0 spiro atoms. The third kappa shape index (κ3) is 2.73. The molecule has 3 aromatic rings. The average Bonchev–Trinajstić information content (AvgIpc) is 2.86. The van der Waals surface area contributed by atoms with Gasteiger partial charge in [0.1, 0.15) is 18.0 Å². The van der Waals surface area contributed by atoms with Crippen LogP contribution in [0, 0.1) is 24.0 Å². The number of fused-ring (bicyclic) bond motifs is 1. The Morgan fingerprint density at radius 1 is 1.10 bits per heavy atom. The molecule has 0 N–H and O–H groups in total. The van der Waals surface area contributed by atoms with E-state index in [1.807, 2.05) is 13.1 Å². The van der Waals surface area contributed by atoms with Gasteiger partial charge in [0.05, 0.1) is 28.1 Å². The molecule has 2 atom stereocenters. The molecule has 1 aliphatic rings. The van der Waals surface area contributed by atoms with Crippen LogP contribution in [0.15, 0.2) is 36.8 Å². The lowest BCUT2D eigenvalue weighted by Gasteiger charge is -2.42. The van der Waals surface area contributed by atoms with Crippen LogP contribution in [0.2, 0.25) is 0 Å². The molecular weight excluding hydrogens is 485 g/mol. The van der Waals surface area contributed by atoms with Crippen LogP contribution in [0.3, 0.4) is 0 Å². The van der Waals surface area contributed by atoms with Gasteiger partial charge in [-0.1, -0.05) is 49.4 Å². The highest BCUT2D eigenvalue weighted by atomic mass is 127. The van der Waals surface area contributed by atoms with Crippen molar-refractivity contribution in [3.8, 4) is 11.3 Å². The Balaban J connectivity index is 2.00. The molecule has 0 amide bonds.